The molecule has 2 unspecified atom stereocenters. The van der Waals surface area contributed by atoms with Crippen molar-refractivity contribution < 1.29 is 8.51 Å². The summed E-state index contributed by atoms with van der Waals surface area (Å²) in [5.74, 6) is 0.846. The minimum Gasteiger partial charge on any atom is -0.381 e. The second-order valence-corrected chi connectivity index (χ2v) is 3.72. The Morgan fingerprint density at radius 1 is 1.50 bits per heavy atom. The summed E-state index contributed by atoms with van der Waals surface area (Å²) >= 11 is 0. The molecule has 0 aromatic carbocycles. The lowest BCUT2D eigenvalue weighted by Crippen LogP contribution is -3.08. The molecule has 1 fully saturated rings. The van der Waals surface area contributed by atoms with Crippen molar-refractivity contribution in [3.8, 4) is 0 Å². The van der Waals surface area contributed by atoms with Crippen LogP contribution in [0.1, 0.15) is 12.8 Å². The highest BCUT2D eigenvalue weighted by Crippen LogP contribution is 1.91. The summed E-state index contributed by atoms with van der Waals surface area (Å²) in [4.78, 5) is 0. The highest BCUT2D eigenvalue weighted by molar-refractivity contribution is 7.78. The lowest BCUT2D eigenvalue weighted by atomic mass is 10.3. The van der Waals surface area contributed by atoms with Crippen molar-refractivity contribution in [3.05, 3.63) is 7.05 Å². The van der Waals surface area contributed by atoms with Crippen LogP contribution in [0.15, 0.2) is 0 Å². The standard InChI is InChI=1S/C5H11NOS/c1-6-4-2-3-5-8(6)7/h6H,1-5H2. The van der Waals surface area contributed by atoms with E-state index in [1.165, 1.54) is 6.42 Å². The molecule has 1 N–H and O–H groups in total. The van der Waals surface area contributed by atoms with Crippen LogP contribution in [0.25, 0.3) is 0 Å². The predicted molar refractivity (Wildman–Crippen MR) is 33.4 cm³/mol. The second-order valence-electron chi connectivity index (χ2n) is 2.05. The van der Waals surface area contributed by atoms with E-state index in [4.69, 9.17) is 0 Å². The van der Waals surface area contributed by atoms with E-state index in [-0.39, 0.29) is 0 Å². The molecule has 0 amide bonds. The molecule has 1 heterocycles. The fraction of sp³-hybridized carbons (Fsp3) is 0.800. The minimum absolute atomic E-state index is 0.679. The van der Waals surface area contributed by atoms with Gasteiger partial charge in [-0.3, -0.25) is 0 Å². The third-order valence-electron chi connectivity index (χ3n) is 1.36. The second kappa shape index (κ2) is 2.60. The maximum Gasteiger partial charge on any atom is 0.178 e. The van der Waals surface area contributed by atoms with Crippen LogP contribution in [0.3, 0.4) is 0 Å². The first kappa shape index (κ1) is 6.23. The number of quaternary nitrogens is 1. The summed E-state index contributed by atoms with van der Waals surface area (Å²) < 4.78 is 11.7. The molecule has 48 valence electrons. The molecule has 0 saturated carbocycles. The van der Waals surface area contributed by atoms with E-state index in [0.717, 1.165) is 23.0 Å². The Balaban J connectivity index is 2.39. The monoisotopic (exact) mass is 133 g/mol. The first-order chi connectivity index (χ1) is 3.80. The van der Waals surface area contributed by atoms with Crippen molar-refractivity contribution >= 4 is 11.0 Å². The molecule has 1 aliphatic rings. The normalized spacial score (nSPS) is 39.6. The van der Waals surface area contributed by atoms with Gasteiger partial charge in [-0.25, -0.2) is 4.21 Å². The van der Waals surface area contributed by atoms with Crippen molar-refractivity contribution in [3.63, 3.8) is 0 Å². The highest BCUT2D eigenvalue weighted by Gasteiger charge is 2.11. The summed E-state index contributed by atoms with van der Waals surface area (Å²) in [7, 11) is 3.02. The molecule has 0 aromatic heterocycles. The molecule has 1 saturated heterocycles. The molecule has 0 spiro atoms. The van der Waals surface area contributed by atoms with Gasteiger partial charge in [0.1, 0.15) is 0 Å². The Labute approximate surface area is 52.5 Å². The number of hydrogen-bond acceptors (Lipinski definition) is 1. The first-order valence-electron chi connectivity index (χ1n) is 2.87. The number of nitrogens with one attached hydrogen (secondary N) is 1. The molecular weight excluding hydrogens is 122 g/mol. The zero-order valence-electron chi connectivity index (χ0n) is 4.85. The lowest BCUT2D eigenvalue weighted by Gasteiger charge is -2.22. The number of hydrogen-bond donors (Lipinski definition) is 1. The molecule has 0 aliphatic carbocycles. The van der Waals surface area contributed by atoms with Crippen molar-refractivity contribution in [2.75, 3.05) is 12.3 Å². The smallest absolute Gasteiger partial charge is 0.178 e. The van der Waals surface area contributed by atoms with Gasteiger partial charge in [0.15, 0.2) is 11.0 Å². The van der Waals surface area contributed by atoms with Crippen molar-refractivity contribution in [1.82, 2.24) is 0 Å². The average molecular weight is 133 g/mol. The predicted octanol–water partition coefficient (Wildman–Crippen LogP) is -0.880. The average Bonchev–Trinajstić information content (AvgIpc) is 1.77. The van der Waals surface area contributed by atoms with E-state index in [1.54, 1.807) is 0 Å². The van der Waals surface area contributed by atoms with Gasteiger partial charge in [-0.1, -0.05) is 0 Å². The van der Waals surface area contributed by atoms with Crippen LogP contribution < -0.4 is 4.31 Å². The fourth-order valence-electron chi connectivity index (χ4n) is 0.813. The summed E-state index contributed by atoms with van der Waals surface area (Å²) in [6.07, 6.45) is 2.30. The number of rotatable bonds is 0. The SMILES string of the molecule is [CH2-][NH+]1CCCCS1=O. The van der Waals surface area contributed by atoms with Gasteiger partial charge in [0.2, 0.25) is 0 Å². The summed E-state index contributed by atoms with van der Waals surface area (Å²) in [5, 5.41) is 0. The van der Waals surface area contributed by atoms with Crippen LogP contribution in [0.2, 0.25) is 0 Å². The van der Waals surface area contributed by atoms with Crippen LogP contribution in [0, 0.1) is 7.05 Å². The largest absolute Gasteiger partial charge is 0.381 e. The summed E-state index contributed by atoms with van der Waals surface area (Å²) in [5.41, 5.74) is 0. The molecule has 1 aliphatic heterocycles. The van der Waals surface area contributed by atoms with Gasteiger partial charge >= 0.3 is 0 Å². The van der Waals surface area contributed by atoms with Crippen LogP contribution in [-0.4, -0.2) is 16.5 Å². The van der Waals surface area contributed by atoms with E-state index in [9.17, 15) is 4.21 Å². The van der Waals surface area contributed by atoms with Crippen LogP contribution in [-0.2, 0) is 11.0 Å². The molecule has 0 aromatic rings. The van der Waals surface area contributed by atoms with E-state index < -0.39 is 11.0 Å². The highest BCUT2D eigenvalue weighted by atomic mass is 32.2. The quantitative estimate of drug-likeness (QED) is 0.426. The van der Waals surface area contributed by atoms with E-state index in [0.29, 0.717) is 0 Å². The van der Waals surface area contributed by atoms with Crippen molar-refractivity contribution in [2.24, 2.45) is 0 Å². The van der Waals surface area contributed by atoms with E-state index in [2.05, 4.69) is 7.05 Å². The van der Waals surface area contributed by atoms with Gasteiger partial charge in [-0.2, -0.15) is 0 Å². The lowest BCUT2D eigenvalue weighted by molar-refractivity contribution is -0.711. The van der Waals surface area contributed by atoms with Gasteiger partial charge in [0.25, 0.3) is 0 Å². The topological polar surface area (TPSA) is 21.5 Å². The fourth-order valence-corrected chi connectivity index (χ4v) is 1.94. The Bertz CT molecular complexity index is 105. The van der Waals surface area contributed by atoms with Crippen molar-refractivity contribution in [1.29, 1.82) is 0 Å². The molecular formula is C5H11NOS. The van der Waals surface area contributed by atoms with Crippen LogP contribution in [0.5, 0.6) is 0 Å². The molecule has 1 rings (SSSR count). The third kappa shape index (κ3) is 1.29. The maximum absolute atomic E-state index is 10.8. The Morgan fingerprint density at radius 2 is 2.25 bits per heavy atom. The van der Waals surface area contributed by atoms with Crippen molar-refractivity contribution in [2.45, 2.75) is 12.8 Å². The van der Waals surface area contributed by atoms with Gasteiger partial charge in [0.05, 0.1) is 12.3 Å². The van der Waals surface area contributed by atoms with E-state index >= 15 is 0 Å². The van der Waals surface area contributed by atoms with Gasteiger partial charge in [-0.05, 0) is 12.8 Å². The minimum atomic E-state index is -0.679. The molecule has 0 bridgehead atoms. The Morgan fingerprint density at radius 3 is 2.62 bits per heavy atom. The Kier molecular flexibility index (Phi) is 2.02. The van der Waals surface area contributed by atoms with Crippen LogP contribution in [0.4, 0.5) is 0 Å². The summed E-state index contributed by atoms with van der Waals surface area (Å²) in [6.45, 7) is 0.979. The Hall–Kier alpha value is 0.110. The zero-order valence-corrected chi connectivity index (χ0v) is 5.67. The maximum atomic E-state index is 10.8. The van der Waals surface area contributed by atoms with Crippen LogP contribution >= 0.6 is 0 Å². The first-order valence-corrected chi connectivity index (χ1v) is 4.19. The molecule has 2 atom stereocenters. The molecule has 8 heavy (non-hydrogen) atoms. The van der Waals surface area contributed by atoms with Gasteiger partial charge < -0.3 is 4.31 Å². The third-order valence-corrected chi connectivity index (χ3v) is 2.86. The zero-order chi connectivity index (χ0) is 5.98. The van der Waals surface area contributed by atoms with E-state index in [1.807, 2.05) is 0 Å². The molecule has 3 heteroatoms. The molecule has 0 radical (unpaired) electrons. The summed E-state index contributed by atoms with van der Waals surface area (Å²) in [6, 6.07) is 0. The van der Waals surface area contributed by atoms with Gasteiger partial charge in [0, 0.05) is 0 Å². The van der Waals surface area contributed by atoms with Gasteiger partial charge in [-0.15, -0.1) is 7.05 Å². The molecule has 2 nitrogen and oxygen atoms in total.